The minimum Gasteiger partial charge on any atom is -0.462 e. The van der Waals surface area contributed by atoms with Gasteiger partial charge in [-0.2, -0.15) is 0 Å². The molecule has 2 aliphatic rings. The molecule has 2 atom stereocenters. The van der Waals surface area contributed by atoms with Crippen molar-refractivity contribution in [2.24, 2.45) is 11.8 Å². The zero-order valence-corrected chi connectivity index (χ0v) is 17.3. The van der Waals surface area contributed by atoms with Gasteiger partial charge in [-0.25, -0.2) is 9.59 Å². The molecule has 1 aliphatic carbocycles. The second-order valence-corrected chi connectivity index (χ2v) is 7.94. The van der Waals surface area contributed by atoms with Gasteiger partial charge in [0.2, 0.25) is 5.91 Å². The lowest BCUT2D eigenvalue weighted by atomic mass is 9.81. The van der Waals surface area contributed by atoms with E-state index in [1.54, 1.807) is 36.1 Å². The zero-order chi connectivity index (χ0) is 20.8. The van der Waals surface area contributed by atoms with Crippen LogP contribution >= 0.6 is 0 Å². The highest BCUT2D eigenvalue weighted by atomic mass is 16.5. The van der Waals surface area contributed by atoms with Crippen LogP contribution in [0.4, 0.5) is 10.5 Å². The lowest BCUT2D eigenvalue weighted by molar-refractivity contribution is -0.123. The third kappa shape index (κ3) is 5.95. The van der Waals surface area contributed by atoms with Gasteiger partial charge in [0, 0.05) is 31.2 Å². The lowest BCUT2D eigenvalue weighted by Crippen LogP contribution is -2.46. The number of rotatable bonds is 7. The molecule has 2 fully saturated rings. The number of carbonyl (C=O) groups is 3. The molecule has 0 unspecified atom stereocenters. The highest BCUT2D eigenvalue weighted by molar-refractivity contribution is 5.94. The van der Waals surface area contributed by atoms with E-state index in [9.17, 15) is 14.4 Å². The number of likely N-dealkylation sites (tertiary alicyclic amines) is 1. The van der Waals surface area contributed by atoms with E-state index in [4.69, 9.17) is 4.74 Å². The van der Waals surface area contributed by atoms with E-state index in [2.05, 4.69) is 17.6 Å². The molecule has 0 bridgehead atoms. The van der Waals surface area contributed by atoms with Crippen LogP contribution in [0.5, 0.6) is 0 Å². The van der Waals surface area contributed by atoms with Crippen molar-refractivity contribution in [2.45, 2.75) is 52.0 Å². The van der Waals surface area contributed by atoms with Gasteiger partial charge in [-0.05, 0) is 56.2 Å². The average Bonchev–Trinajstić information content (AvgIpc) is 3.52. The fraction of sp³-hybridized carbons (Fsp3) is 0.591. The largest absolute Gasteiger partial charge is 0.462 e. The molecule has 29 heavy (non-hydrogen) atoms. The van der Waals surface area contributed by atoms with Crippen molar-refractivity contribution in [1.82, 2.24) is 10.2 Å². The van der Waals surface area contributed by atoms with Crippen molar-refractivity contribution >= 4 is 23.6 Å². The fourth-order valence-electron chi connectivity index (χ4n) is 3.89. The summed E-state index contributed by atoms with van der Waals surface area (Å²) in [7, 11) is 0. The molecule has 7 nitrogen and oxygen atoms in total. The number of urea groups is 1. The Bertz CT molecular complexity index is 747. The molecule has 1 heterocycles. The van der Waals surface area contributed by atoms with Gasteiger partial charge in [-0.3, -0.25) is 4.79 Å². The molecule has 1 aliphatic heterocycles. The van der Waals surface area contributed by atoms with Crippen molar-refractivity contribution in [2.75, 3.05) is 25.0 Å². The van der Waals surface area contributed by atoms with Crippen LogP contribution in [0, 0.1) is 11.8 Å². The van der Waals surface area contributed by atoms with Gasteiger partial charge in [-0.1, -0.05) is 19.4 Å². The topological polar surface area (TPSA) is 87.7 Å². The first-order valence-corrected chi connectivity index (χ1v) is 10.6. The number of nitrogens with zero attached hydrogens (tertiary/aromatic N) is 1. The van der Waals surface area contributed by atoms with Crippen molar-refractivity contribution < 1.29 is 19.1 Å². The van der Waals surface area contributed by atoms with Crippen molar-refractivity contribution in [3.05, 3.63) is 29.8 Å². The van der Waals surface area contributed by atoms with Gasteiger partial charge >= 0.3 is 12.0 Å². The Morgan fingerprint density at radius 1 is 1.14 bits per heavy atom. The van der Waals surface area contributed by atoms with Crippen molar-refractivity contribution in [3.8, 4) is 0 Å². The molecular formula is C22H31N3O4. The smallest absolute Gasteiger partial charge is 0.338 e. The predicted molar refractivity (Wildman–Crippen MR) is 111 cm³/mol. The van der Waals surface area contributed by atoms with Gasteiger partial charge in [0.15, 0.2) is 0 Å². The molecule has 7 heteroatoms. The Hall–Kier alpha value is -2.57. The van der Waals surface area contributed by atoms with E-state index in [-0.39, 0.29) is 11.9 Å². The second kappa shape index (κ2) is 9.76. The molecule has 1 saturated carbocycles. The molecule has 1 aromatic rings. The predicted octanol–water partition coefficient (Wildman–Crippen LogP) is 3.41. The number of esters is 1. The van der Waals surface area contributed by atoms with Crippen molar-refractivity contribution in [3.63, 3.8) is 0 Å². The lowest BCUT2D eigenvalue weighted by Gasteiger charge is -2.38. The van der Waals surface area contributed by atoms with Crippen LogP contribution in [0.3, 0.4) is 0 Å². The first-order valence-electron chi connectivity index (χ1n) is 10.6. The van der Waals surface area contributed by atoms with Gasteiger partial charge in [0.05, 0.1) is 12.2 Å². The molecule has 0 spiro atoms. The van der Waals surface area contributed by atoms with E-state index in [1.807, 2.05) is 0 Å². The maximum absolute atomic E-state index is 12.7. The molecule has 1 saturated heterocycles. The summed E-state index contributed by atoms with van der Waals surface area (Å²) >= 11 is 0. The minimum absolute atomic E-state index is 0.143. The highest BCUT2D eigenvalue weighted by Crippen LogP contribution is 2.30. The summed E-state index contributed by atoms with van der Waals surface area (Å²) in [5.41, 5.74) is 0.982. The summed E-state index contributed by atoms with van der Waals surface area (Å²) < 4.78 is 5.01. The second-order valence-electron chi connectivity index (χ2n) is 7.94. The number of piperidine rings is 1. The van der Waals surface area contributed by atoms with E-state index in [0.29, 0.717) is 55.2 Å². The van der Waals surface area contributed by atoms with Crippen molar-refractivity contribution in [1.29, 1.82) is 0 Å². The van der Waals surface area contributed by atoms with Gasteiger partial charge in [-0.15, -0.1) is 0 Å². The Balaban J connectivity index is 1.54. The summed E-state index contributed by atoms with van der Waals surface area (Å²) in [6.07, 6.45) is 4.50. The third-order valence-corrected chi connectivity index (χ3v) is 5.72. The number of hydrogen-bond donors (Lipinski definition) is 2. The molecule has 3 amide bonds. The molecule has 3 rings (SSSR count). The van der Waals surface area contributed by atoms with E-state index >= 15 is 0 Å². The van der Waals surface area contributed by atoms with Gasteiger partial charge < -0.3 is 20.3 Å². The molecular weight excluding hydrogens is 370 g/mol. The normalized spacial score (nSPS) is 21.4. The number of amides is 3. The van der Waals surface area contributed by atoms with E-state index in [0.717, 1.165) is 25.7 Å². The van der Waals surface area contributed by atoms with Gasteiger partial charge in [0.25, 0.3) is 0 Å². The average molecular weight is 402 g/mol. The number of nitrogens with one attached hydrogen (secondary N) is 2. The van der Waals surface area contributed by atoms with Crippen LogP contribution in [-0.4, -0.2) is 48.5 Å². The first-order chi connectivity index (χ1) is 14.0. The molecule has 0 aromatic heterocycles. The number of carbonyl (C=O) groups excluding carboxylic acids is 3. The first kappa shape index (κ1) is 21.1. The Kier molecular flexibility index (Phi) is 7.12. The molecule has 1 aromatic carbocycles. The summed E-state index contributed by atoms with van der Waals surface area (Å²) in [4.78, 5) is 38.6. The number of anilines is 1. The summed E-state index contributed by atoms with van der Waals surface area (Å²) in [5.74, 6) is 0.366. The summed E-state index contributed by atoms with van der Waals surface area (Å²) in [5, 5.41) is 5.95. The Labute approximate surface area is 172 Å². The quantitative estimate of drug-likeness (QED) is 0.686. The number of hydrogen-bond acceptors (Lipinski definition) is 4. The van der Waals surface area contributed by atoms with Crippen LogP contribution in [0.25, 0.3) is 0 Å². The number of ether oxygens (including phenoxy) is 1. The zero-order valence-electron chi connectivity index (χ0n) is 17.3. The van der Waals surface area contributed by atoms with Crippen LogP contribution < -0.4 is 10.6 Å². The van der Waals surface area contributed by atoms with E-state index < -0.39 is 5.97 Å². The Morgan fingerprint density at radius 2 is 1.93 bits per heavy atom. The van der Waals surface area contributed by atoms with Crippen LogP contribution in [0.15, 0.2) is 24.3 Å². The maximum Gasteiger partial charge on any atom is 0.338 e. The molecule has 158 valence electrons. The van der Waals surface area contributed by atoms with Crippen LogP contribution in [0.1, 0.15) is 56.3 Å². The standard InChI is InChI=1S/C22H31N3O4/c1-3-15-14-25(11-10-16(15)13-20(26)23-18-8-9-18)22(28)24-19-7-5-6-17(12-19)21(27)29-4-2/h5-7,12,15-16,18H,3-4,8-11,13-14H2,1-2H3,(H,23,26)(H,24,28)/t15-,16+/m1/s1. The molecule has 0 radical (unpaired) electrons. The summed E-state index contributed by atoms with van der Waals surface area (Å²) in [6.45, 7) is 5.44. The third-order valence-electron chi connectivity index (χ3n) is 5.72. The minimum atomic E-state index is -0.403. The van der Waals surface area contributed by atoms with Crippen LogP contribution in [-0.2, 0) is 9.53 Å². The maximum atomic E-state index is 12.7. The van der Waals surface area contributed by atoms with Crippen LogP contribution in [0.2, 0.25) is 0 Å². The fourth-order valence-corrected chi connectivity index (χ4v) is 3.89. The number of benzene rings is 1. The van der Waals surface area contributed by atoms with Gasteiger partial charge in [0.1, 0.15) is 0 Å². The molecule has 2 N–H and O–H groups in total. The van der Waals surface area contributed by atoms with E-state index in [1.165, 1.54) is 0 Å². The monoisotopic (exact) mass is 401 g/mol. The highest BCUT2D eigenvalue weighted by Gasteiger charge is 2.33. The SMILES string of the molecule is CCOC(=O)c1cccc(NC(=O)N2CC[C@@H](CC(=O)NC3CC3)[C@H](CC)C2)c1. The Morgan fingerprint density at radius 3 is 2.62 bits per heavy atom. The summed E-state index contributed by atoms with van der Waals surface area (Å²) in [6, 6.07) is 6.99.